The van der Waals surface area contributed by atoms with Crippen molar-refractivity contribution in [3.8, 4) is 11.6 Å². The average Bonchev–Trinajstić information content (AvgIpc) is 2.36. The Balaban J connectivity index is 2.41. The van der Waals surface area contributed by atoms with Crippen molar-refractivity contribution in [1.29, 1.82) is 0 Å². The molecule has 0 atom stereocenters. The smallest absolute Gasteiger partial charge is 0.338 e. The number of pyridine rings is 1. The predicted molar refractivity (Wildman–Crippen MR) is 70.4 cm³/mol. The van der Waals surface area contributed by atoms with Gasteiger partial charge in [-0.25, -0.2) is 14.2 Å². The first-order chi connectivity index (χ1) is 8.99. The first kappa shape index (κ1) is 13.8. The molecule has 0 fully saturated rings. The molecule has 0 aliphatic heterocycles. The van der Waals surface area contributed by atoms with Gasteiger partial charge in [-0.15, -0.1) is 0 Å². The first-order valence-corrected chi connectivity index (χ1v) is 6.17. The van der Waals surface area contributed by atoms with E-state index < -0.39 is 23.2 Å². The summed E-state index contributed by atoms with van der Waals surface area (Å²) in [5.41, 5.74) is -0.517. The number of carboxylic acid groups (broad SMARTS) is 1. The fourth-order valence-corrected chi connectivity index (χ4v) is 1.82. The van der Waals surface area contributed by atoms with Crippen LogP contribution in [0, 0.1) is 5.82 Å². The monoisotopic (exact) mass is 345 g/mol. The van der Waals surface area contributed by atoms with Crippen molar-refractivity contribution in [3.63, 3.8) is 0 Å². The van der Waals surface area contributed by atoms with E-state index in [1.165, 1.54) is 6.07 Å². The molecule has 0 saturated heterocycles. The average molecular weight is 347 g/mol. The number of nitrogens with zero attached hydrogens (tertiary/aromatic N) is 1. The number of halogens is 3. The van der Waals surface area contributed by atoms with E-state index in [1.54, 1.807) is 12.1 Å². The number of carboxylic acids is 1. The Bertz CT molecular complexity index is 651. The van der Waals surface area contributed by atoms with Crippen LogP contribution in [0.25, 0.3) is 0 Å². The lowest BCUT2D eigenvalue weighted by atomic mass is 10.2. The summed E-state index contributed by atoms with van der Waals surface area (Å²) in [7, 11) is 0. The summed E-state index contributed by atoms with van der Waals surface area (Å²) in [5, 5.41) is 9.05. The van der Waals surface area contributed by atoms with Gasteiger partial charge >= 0.3 is 5.97 Å². The highest BCUT2D eigenvalue weighted by molar-refractivity contribution is 9.10. The summed E-state index contributed by atoms with van der Waals surface area (Å²) >= 11 is 9.11. The van der Waals surface area contributed by atoms with Crippen molar-refractivity contribution in [3.05, 3.63) is 51.3 Å². The fourth-order valence-electron chi connectivity index (χ4n) is 1.32. The van der Waals surface area contributed by atoms with Crippen LogP contribution in [-0.2, 0) is 0 Å². The fraction of sp³-hybridized carbons (Fsp3) is 0. The molecule has 2 aromatic rings. The molecule has 1 aromatic carbocycles. The van der Waals surface area contributed by atoms with Gasteiger partial charge in [0, 0.05) is 10.7 Å². The normalized spacial score (nSPS) is 10.3. The van der Waals surface area contributed by atoms with Crippen LogP contribution in [-0.4, -0.2) is 16.1 Å². The van der Waals surface area contributed by atoms with Gasteiger partial charge in [0.2, 0.25) is 0 Å². The van der Waals surface area contributed by atoms with Gasteiger partial charge in [-0.3, -0.25) is 0 Å². The molecule has 1 N–H and O–H groups in total. The third kappa shape index (κ3) is 3.02. The van der Waals surface area contributed by atoms with Crippen LogP contribution < -0.4 is 4.74 Å². The summed E-state index contributed by atoms with van der Waals surface area (Å²) in [6.07, 6.45) is 1.15. The van der Waals surface area contributed by atoms with E-state index in [-0.39, 0.29) is 10.8 Å². The lowest BCUT2D eigenvalue weighted by Gasteiger charge is -2.08. The number of benzene rings is 1. The van der Waals surface area contributed by atoms with Gasteiger partial charge in [-0.05, 0) is 24.3 Å². The minimum atomic E-state index is -1.40. The standard InChI is InChI=1S/C12H6BrClFNO3/c13-6-1-2-8(14)9(5-6)19-11-10(15)7(12(17)18)3-4-16-11/h1-5H,(H,17,18). The number of hydrogen-bond donors (Lipinski definition) is 1. The number of rotatable bonds is 3. The molecule has 0 spiro atoms. The topological polar surface area (TPSA) is 59.4 Å². The highest BCUT2D eigenvalue weighted by Gasteiger charge is 2.17. The second kappa shape index (κ2) is 5.54. The second-order valence-electron chi connectivity index (χ2n) is 3.46. The maximum Gasteiger partial charge on any atom is 0.338 e. The minimum Gasteiger partial charge on any atom is -0.478 e. The largest absolute Gasteiger partial charge is 0.478 e. The second-order valence-corrected chi connectivity index (χ2v) is 4.78. The zero-order chi connectivity index (χ0) is 14.0. The van der Waals surface area contributed by atoms with Crippen molar-refractivity contribution in [1.82, 2.24) is 4.98 Å². The third-order valence-corrected chi connectivity index (χ3v) is 2.99. The number of aromatic carboxylic acids is 1. The molecule has 98 valence electrons. The van der Waals surface area contributed by atoms with Crippen molar-refractivity contribution in [2.75, 3.05) is 0 Å². The molecule has 2 rings (SSSR count). The van der Waals surface area contributed by atoms with E-state index >= 15 is 0 Å². The summed E-state index contributed by atoms with van der Waals surface area (Å²) in [6.45, 7) is 0. The molecule has 19 heavy (non-hydrogen) atoms. The van der Waals surface area contributed by atoms with Gasteiger partial charge in [0.15, 0.2) is 5.82 Å². The van der Waals surface area contributed by atoms with E-state index in [2.05, 4.69) is 20.9 Å². The van der Waals surface area contributed by atoms with Gasteiger partial charge < -0.3 is 9.84 Å². The molecule has 0 amide bonds. The van der Waals surface area contributed by atoms with Crippen molar-refractivity contribution < 1.29 is 19.0 Å². The molecule has 0 aliphatic rings. The van der Waals surface area contributed by atoms with Crippen molar-refractivity contribution in [2.24, 2.45) is 0 Å². The maximum absolute atomic E-state index is 13.8. The Hall–Kier alpha value is -1.66. The highest BCUT2D eigenvalue weighted by atomic mass is 79.9. The molecule has 1 heterocycles. The van der Waals surface area contributed by atoms with Crippen LogP contribution in [0.2, 0.25) is 5.02 Å². The van der Waals surface area contributed by atoms with E-state index in [1.807, 2.05) is 0 Å². The van der Waals surface area contributed by atoms with Gasteiger partial charge in [0.25, 0.3) is 5.88 Å². The summed E-state index contributed by atoms with van der Waals surface area (Å²) in [5.74, 6) is -2.72. The number of aromatic nitrogens is 1. The van der Waals surface area contributed by atoms with Crippen LogP contribution in [0.4, 0.5) is 4.39 Å². The molecular weight excluding hydrogens is 340 g/mol. The Morgan fingerprint density at radius 1 is 1.42 bits per heavy atom. The van der Waals surface area contributed by atoms with E-state index in [4.69, 9.17) is 21.4 Å². The van der Waals surface area contributed by atoms with Crippen LogP contribution in [0.1, 0.15) is 10.4 Å². The lowest BCUT2D eigenvalue weighted by molar-refractivity contribution is 0.0690. The zero-order valence-corrected chi connectivity index (χ0v) is 11.6. The van der Waals surface area contributed by atoms with E-state index in [0.717, 1.165) is 12.3 Å². The number of carbonyl (C=O) groups is 1. The molecular formula is C12H6BrClFNO3. The van der Waals surface area contributed by atoms with Crippen LogP contribution >= 0.6 is 27.5 Å². The summed E-state index contributed by atoms with van der Waals surface area (Å²) in [6, 6.07) is 5.82. The van der Waals surface area contributed by atoms with Crippen molar-refractivity contribution >= 4 is 33.5 Å². The van der Waals surface area contributed by atoms with Gasteiger partial charge in [-0.2, -0.15) is 0 Å². The minimum absolute atomic E-state index is 0.171. The number of ether oxygens (including phenoxy) is 1. The quantitative estimate of drug-likeness (QED) is 0.908. The summed E-state index contributed by atoms with van der Waals surface area (Å²) < 4.78 is 19.7. The molecule has 0 saturated carbocycles. The highest BCUT2D eigenvalue weighted by Crippen LogP contribution is 2.32. The Morgan fingerprint density at radius 3 is 2.84 bits per heavy atom. The predicted octanol–water partition coefficient (Wildman–Crippen LogP) is 4.13. The zero-order valence-electron chi connectivity index (χ0n) is 9.23. The number of hydrogen-bond acceptors (Lipinski definition) is 3. The van der Waals surface area contributed by atoms with Gasteiger partial charge in [0.1, 0.15) is 11.3 Å². The first-order valence-electron chi connectivity index (χ1n) is 4.99. The van der Waals surface area contributed by atoms with Crippen LogP contribution in [0.3, 0.4) is 0 Å². The molecule has 7 heteroatoms. The van der Waals surface area contributed by atoms with Crippen LogP contribution in [0.15, 0.2) is 34.9 Å². The molecule has 0 unspecified atom stereocenters. The molecule has 0 aliphatic carbocycles. The van der Waals surface area contributed by atoms with Crippen molar-refractivity contribution in [2.45, 2.75) is 0 Å². The Kier molecular flexibility index (Phi) is 4.01. The molecule has 0 radical (unpaired) electrons. The Morgan fingerprint density at radius 2 is 2.16 bits per heavy atom. The third-order valence-electron chi connectivity index (χ3n) is 2.19. The van der Waals surface area contributed by atoms with Gasteiger partial charge in [-0.1, -0.05) is 27.5 Å². The summed E-state index contributed by atoms with van der Waals surface area (Å²) in [4.78, 5) is 14.4. The Labute approximate surface area is 120 Å². The van der Waals surface area contributed by atoms with E-state index in [9.17, 15) is 9.18 Å². The van der Waals surface area contributed by atoms with Crippen LogP contribution in [0.5, 0.6) is 11.6 Å². The molecule has 0 bridgehead atoms. The lowest BCUT2D eigenvalue weighted by Crippen LogP contribution is -2.03. The van der Waals surface area contributed by atoms with E-state index in [0.29, 0.717) is 4.47 Å². The SMILES string of the molecule is O=C(O)c1ccnc(Oc2cc(Br)ccc2Cl)c1F. The maximum atomic E-state index is 13.8. The molecule has 1 aromatic heterocycles. The van der Waals surface area contributed by atoms with Gasteiger partial charge in [0.05, 0.1) is 5.02 Å². The molecule has 4 nitrogen and oxygen atoms in total.